The second-order valence-corrected chi connectivity index (χ2v) is 3.81. The van der Waals surface area contributed by atoms with Gasteiger partial charge in [0.15, 0.2) is 0 Å². The molecule has 1 heterocycles. The fourth-order valence-corrected chi connectivity index (χ4v) is 1.37. The molecule has 0 aromatic carbocycles. The number of amides is 1. The molecule has 0 spiro atoms. The topological polar surface area (TPSA) is 65.5 Å². The average molecular weight is 237 g/mol. The summed E-state index contributed by atoms with van der Waals surface area (Å²) in [4.78, 5) is 17.4. The predicted octanol–water partition coefficient (Wildman–Crippen LogP) is 0.968. The van der Waals surface area contributed by atoms with Gasteiger partial charge in [-0.05, 0) is 18.6 Å². The third kappa shape index (κ3) is 4.03. The van der Waals surface area contributed by atoms with Crippen molar-refractivity contribution in [1.29, 1.82) is 0 Å². The van der Waals surface area contributed by atoms with Crippen molar-refractivity contribution < 1.29 is 9.90 Å². The maximum atomic E-state index is 11.9. The zero-order valence-electron chi connectivity index (χ0n) is 10.3. The molecule has 0 saturated heterocycles. The molecule has 17 heavy (non-hydrogen) atoms. The van der Waals surface area contributed by atoms with E-state index in [1.54, 1.807) is 19.3 Å². The first-order valence-electron chi connectivity index (χ1n) is 5.75. The molecule has 0 saturated carbocycles. The van der Waals surface area contributed by atoms with Gasteiger partial charge in [0.05, 0.1) is 6.61 Å². The monoisotopic (exact) mass is 237 g/mol. The van der Waals surface area contributed by atoms with Gasteiger partial charge in [0.25, 0.3) is 5.91 Å². The van der Waals surface area contributed by atoms with Crippen molar-refractivity contribution in [1.82, 2.24) is 9.88 Å². The van der Waals surface area contributed by atoms with Gasteiger partial charge >= 0.3 is 0 Å². The first-order chi connectivity index (χ1) is 8.19. The fraction of sp³-hybridized carbons (Fsp3) is 0.500. The molecular formula is C12H19N3O2. The Balaban J connectivity index is 2.73. The molecule has 0 fully saturated rings. The molecule has 0 aliphatic heterocycles. The van der Waals surface area contributed by atoms with Crippen LogP contribution in [-0.2, 0) is 0 Å². The number of carbonyl (C=O) groups excluding carboxylic acids is 1. The Kier molecular flexibility index (Phi) is 5.42. The Morgan fingerprint density at radius 3 is 3.00 bits per heavy atom. The van der Waals surface area contributed by atoms with Crippen LogP contribution in [0.2, 0.25) is 0 Å². The van der Waals surface area contributed by atoms with E-state index in [1.165, 1.54) is 4.90 Å². The van der Waals surface area contributed by atoms with Crippen LogP contribution in [0.25, 0.3) is 0 Å². The van der Waals surface area contributed by atoms with Gasteiger partial charge in [-0.2, -0.15) is 0 Å². The Labute approximate surface area is 101 Å². The Hall–Kier alpha value is -1.62. The SMILES string of the molecule is CCCNc1ccnc(C(=O)N(C)CCO)c1. The molecule has 5 heteroatoms. The smallest absolute Gasteiger partial charge is 0.272 e. The molecule has 1 amide bonds. The van der Waals surface area contributed by atoms with Crippen molar-refractivity contribution in [2.45, 2.75) is 13.3 Å². The number of hydrogen-bond donors (Lipinski definition) is 2. The highest BCUT2D eigenvalue weighted by molar-refractivity contribution is 5.92. The van der Waals surface area contributed by atoms with E-state index in [9.17, 15) is 4.79 Å². The highest BCUT2D eigenvalue weighted by Gasteiger charge is 2.12. The summed E-state index contributed by atoms with van der Waals surface area (Å²) in [5, 5.41) is 12.0. The molecule has 2 N–H and O–H groups in total. The number of nitrogens with one attached hydrogen (secondary N) is 1. The van der Waals surface area contributed by atoms with Crippen LogP contribution in [0.5, 0.6) is 0 Å². The Morgan fingerprint density at radius 2 is 2.35 bits per heavy atom. The molecule has 1 aromatic rings. The van der Waals surface area contributed by atoms with Crippen LogP contribution in [0, 0.1) is 0 Å². The number of anilines is 1. The second kappa shape index (κ2) is 6.85. The molecular weight excluding hydrogens is 218 g/mol. The van der Waals surface area contributed by atoms with Crippen molar-refractivity contribution in [2.24, 2.45) is 0 Å². The number of aliphatic hydroxyl groups excluding tert-OH is 1. The lowest BCUT2D eigenvalue weighted by Gasteiger charge is -2.15. The van der Waals surface area contributed by atoms with Crippen molar-refractivity contribution >= 4 is 11.6 Å². The van der Waals surface area contributed by atoms with Crippen LogP contribution in [-0.4, -0.2) is 47.6 Å². The van der Waals surface area contributed by atoms with Gasteiger partial charge < -0.3 is 15.3 Å². The highest BCUT2D eigenvalue weighted by Crippen LogP contribution is 2.09. The number of carbonyl (C=O) groups is 1. The number of pyridine rings is 1. The molecule has 94 valence electrons. The number of aliphatic hydroxyl groups is 1. The summed E-state index contributed by atoms with van der Waals surface area (Å²) in [5.41, 5.74) is 1.28. The van der Waals surface area contributed by atoms with Gasteiger partial charge in [-0.1, -0.05) is 6.92 Å². The van der Waals surface area contributed by atoms with Crippen molar-refractivity contribution in [3.8, 4) is 0 Å². The molecule has 0 aliphatic carbocycles. The predicted molar refractivity (Wildman–Crippen MR) is 67.1 cm³/mol. The van der Waals surface area contributed by atoms with E-state index in [0.717, 1.165) is 18.7 Å². The third-order valence-electron chi connectivity index (χ3n) is 2.34. The van der Waals surface area contributed by atoms with Crippen molar-refractivity contribution in [3.05, 3.63) is 24.0 Å². The normalized spacial score (nSPS) is 10.1. The van der Waals surface area contributed by atoms with E-state index in [-0.39, 0.29) is 12.5 Å². The maximum Gasteiger partial charge on any atom is 0.272 e. The van der Waals surface area contributed by atoms with E-state index in [0.29, 0.717) is 12.2 Å². The van der Waals surface area contributed by atoms with Crippen molar-refractivity contribution in [2.75, 3.05) is 32.1 Å². The van der Waals surface area contributed by atoms with Crippen LogP contribution in [0.3, 0.4) is 0 Å². The van der Waals surface area contributed by atoms with E-state index >= 15 is 0 Å². The fourth-order valence-electron chi connectivity index (χ4n) is 1.37. The van der Waals surface area contributed by atoms with Gasteiger partial charge in [-0.25, -0.2) is 0 Å². The second-order valence-electron chi connectivity index (χ2n) is 3.81. The summed E-state index contributed by atoms with van der Waals surface area (Å²) in [6.45, 7) is 3.21. The summed E-state index contributed by atoms with van der Waals surface area (Å²) in [6, 6.07) is 3.56. The van der Waals surface area contributed by atoms with Gasteiger partial charge in [-0.3, -0.25) is 9.78 Å². The first kappa shape index (κ1) is 13.4. The Morgan fingerprint density at radius 1 is 1.59 bits per heavy atom. The Bertz CT molecular complexity index is 369. The minimum Gasteiger partial charge on any atom is -0.395 e. The highest BCUT2D eigenvalue weighted by atomic mass is 16.3. The number of nitrogens with zero attached hydrogens (tertiary/aromatic N) is 2. The molecule has 1 aromatic heterocycles. The molecule has 0 radical (unpaired) electrons. The van der Waals surface area contributed by atoms with Gasteiger partial charge in [-0.15, -0.1) is 0 Å². The minimum absolute atomic E-state index is 0.0456. The summed E-state index contributed by atoms with van der Waals surface area (Å²) in [7, 11) is 1.65. The number of hydrogen-bond acceptors (Lipinski definition) is 4. The van der Waals surface area contributed by atoms with E-state index in [2.05, 4.69) is 17.2 Å². The largest absolute Gasteiger partial charge is 0.395 e. The zero-order chi connectivity index (χ0) is 12.7. The lowest BCUT2D eigenvalue weighted by Crippen LogP contribution is -2.30. The molecule has 0 bridgehead atoms. The number of rotatable bonds is 6. The van der Waals surface area contributed by atoms with Crippen LogP contribution in [0.1, 0.15) is 23.8 Å². The molecule has 0 aliphatic rings. The minimum atomic E-state index is -0.181. The number of aromatic nitrogens is 1. The van der Waals surface area contributed by atoms with E-state index in [1.807, 2.05) is 6.07 Å². The lowest BCUT2D eigenvalue weighted by molar-refractivity contribution is 0.0761. The quantitative estimate of drug-likeness (QED) is 0.773. The van der Waals surface area contributed by atoms with E-state index < -0.39 is 0 Å². The first-order valence-corrected chi connectivity index (χ1v) is 5.75. The van der Waals surface area contributed by atoms with E-state index in [4.69, 9.17) is 5.11 Å². The zero-order valence-corrected chi connectivity index (χ0v) is 10.3. The average Bonchev–Trinajstić information content (AvgIpc) is 2.36. The molecule has 0 atom stereocenters. The number of likely N-dealkylation sites (N-methyl/N-ethyl adjacent to an activating group) is 1. The van der Waals surface area contributed by atoms with Gasteiger partial charge in [0.1, 0.15) is 5.69 Å². The summed E-state index contributed by atoms with van der Waals surface area (Å²) in [5.74, 6) is -0.181. The van der Waals surface area contributed by atoms with Gasteiger partial charge in [0, 0.05) is 32.0 Å². The van der Waals surface area contributed by atoms with Crippen LogP contribution < -0.4 is 5.32 Å². The van der Waals surface area contributed by atoms with Gasteiger partial charge in [0.2, 0.25) is 0 Å². The van der Waals surface area contributed by atoms with Crippen LogP contribution in [0.15, 0.2) is 18.3 Å². The molecule has 5 nitrogen and oxygen atoms in total. The summed E-state index contributed by atoms with van der Waals surface area (Å²) >= 11 is 0. The van der Waals surface area contributed by atoms with Crippen LogP contribution >= 0.6 is 0 Å². The molecule has 1 rings (SSSR count). The summed E-state index contributed by atoms with van der Waals surface area (Å²) < 4.78 is 0. The molecule has 0 unspecified atom stereocenters. The third-order valence-corrected chi connectivity index (χ3v) is 2.34. The van der Waals surface area contributed by atoms with Crippen LogP contribution in [0.4, 0.5) is 5.69 Å². The standard InChI is InChI=1S/C12H19N3O2/c1-3-5-13-10-4-6-14-11(9-10)12(17)15(2)7-8-16/h4,6,9,16H,3,5,7-8H2,1-2H3,(H,13,14). The van der Waals surface area contributed by atoms with Crippen molar-refractivity contribution in [3.63, 3.8) is 0 Å². The maximum absolute atomic E-state index is 11.9. The lowest BCUT2D eigenvalue weighted by atomic mass is 10.3. The summed E-state index contributed by atoms with van der Waals surface area (Å²) in [6.07, 6.45) is 2.63.